The maximum Gasteiger partial charge on any atom is 0.303 e. The molecular formula is C22H34O6. The molecule has 0 saturated heterocycles. The normalized spacial score (nSPS) is 54.6. The number of aliphatic hydroxyl groups is 4. The Labute approximate surface area is 166 Å². The fourth-order valence-electron chi connectivity index (χ4n) is 8.07. The zero-order chi connectivity index (χ0) is 20.8. The Bertz CT molecular complexity index is 703. The van der Waals surface area contributed by atoms with Gasteiger partial charge in [-0.25, -0.2) is 0 Å². The van der Waals surface area contributed by atoms with Gasteiger partial charge in [-0.1, -0.05) is 27.4 Å². The molecule has 4 aliphatic rings. The minimum atomic E-state index is -1.13. The average molecular weight is 395 g/mol. The molecule has 4 N–H and O–H groups in total. The van der Waals surface area contributed by atoms with Crippen molar-refractivity contribution in [3.8, 4) is 0 Å². The number of rotatable bonds is 1. The topological polar surface area (TPSA) is 107 Å². The van der Waals surface area contributed by atoms with E-state index in [-0.39, 0.29) is 17.8 Å². The maximum atomic E-state index is 12.0. The van der Waals surface area contributed by atoms with Crippen LogP contribution in [0.15, 0.2) is 12.2 Å². The molecule has 0 aromatic carbocycles. The van der Waals surface area contributed by atoms with Crippen LogP contribution in [0.2, 0.25) is 0 Å². The van der Waals surface area contributed by atoms with Crippen molar-refractivity contribution in [2.24, 2.45) is 34.0 Å². The SMILES string of the molecule is C=C1[C@@H]2C[C@H](O)[C@H]3[C@]4(C)CC[C@H](O)C(C)(C)[C@H]4[C@@H](OC(C)=O)[C@H](O)[C@]3(C2)[C@@H]1O. The molecule has 0 heterocycles. The lowest BCUT2D eigenvalue weighted by molar-refractivity contribution is -0.299. The van der Waals surface area contributed by atoms with E-state index in [0.717, 1.165) is 0 Å². The summed E-state index contributed by atoms with van der Waals surface area (Å²) in [6.45, 7) is 11.4. The van der Waals surface area contributed by atoms with Gasteiger partial charge in [0.2, 0.25) is 0 Å². The summed E-state index contributed by atoms with van der Waals surface area (Å²) >= 11 is 0. The van der Waals surface area contributed by atoms with Crippen LogP contribution in [0, 0.1) is 34.0 Å². The van der Waals surface area contributed by atoms with Gasteiger partial charge in [0.05, 0.1) is 18.3 Å². The molecule has 2 bridgehead atoms. The first kappa shape index (κ1) is 20.3. The Morgan fingerprint density at radius 3 is 2.39 bits per heavy atom. The highest BCUT2D eigenvalue weighted by molar-refractivity contribution is 5.66. The van der Waals surface area contributed by atoms with Gasteiger partial charge in [-0.05, 0) is 48.0 Å². The van der Waals surface area contributed by atoms with Gasteiger partial charge in [-0.2, -0.15) is 0 Å². The quantitative estimate of drug-likeness (QED) is 0.396. The second-order valence-corrected chi connectivity index (χ2v) is 10.6. The first-order valence-electron chi connectivity index (χ1n) is 10.5. The molecule has 6 nitrogen and oxygen atoms in total. The highest BCUT2D eigenvalue weighted by Gasteiger charge is 2.75. The lowest BCUT2D eigenvalue weighted by Crippen LogP contribution is -2.73. The largest absolute Gasteiger partial charge is 0.459 e. The van der Waals surface area contributed by atoms with E-state index in [9.17, 15) is 25.2 Å². The van der Waals surface area contributed by atoms with Crippen LogP contribution in [0.1, 0.15) is 53.4 Å². The number of hydrogen-bond acceptors (Lipinski definition) is 6. The molecule has 0 radical (unpaired) electrons. The number of esters is 1. The predicted octanol–water partition coefficient (Wildman–Crippen LogP) is 1.40. The Morgan fingerprint density at radius 1 is 1.14 bits per heavy atom. The van der Waals surface area contributed by atoms with Crippen LogP contribution in [0.5, 0.6) is 0 Å². The summed E-state index contributed by atoms with van der Waals surface area (Å²) in [7, 11) is 0. The van der Waals surface area contributed by atoms with E-state index >= 15 is 0 Å². The van der Waals surface area contributed by atoms with Crippen molar-refractivity contribution < 1.29 is 30.0 Å². The first-order valence-corrected chi connectivity index (χ1v) is 10.5. The lowest BCUT2D eigenvalue weighted by atomic mass is 9.38. The van der Waals surface area contributed by atoms with Crippen LogP contribution in [-0.2, 0) is 9.53 Å². The van der Waals surface area contributed by atoms with Crippen molar-refractivity contribution in [1.82, 2.24) is 0 Å². The van der Waals surface area contributed by atoms with Crippen LogP contribution in [-0.4, -0.2) is 56.9 Å². The molecular weight excluding hydrogens is 360 g/mol. The van der Waals surface area contributed by atoms with Crippen molar-refractivity contribution in [3.05, 3.63) is 12.2 Å². The smallest absolute Gasteiger partial charge is 0.303 e. The first-order chi connectivity index (χ1) is 12.9. The number of ether oxygens (including phenoxy) is 1. The Kier molecular flexibility index (Phi) is 4.38. The minimum Gasteiger partial charge on any atom is -0.459 e. The van der Waals surface area contributed by atoms with Crippen molar-refractivity contribution in [2.75, 3.05) is 0 Å². The van der Waals surface area contributed by atoms with E-state index in [1.54, 1.807) is 0 Å². The fraction of sp³-hybridized carbons (Fsp3) is 0.864. The van der Waals surface area contributed by atoms with Gasteiger partial charge in [0.1, 0.15) is 12.2 Å². The maximum absolute atomic E-state index is 12.0. The zero-order valence-corrected chi connectivity index (χ0v) is 17.3. The number of fused-ring (bicyclic) bond motifs is 3. The third-order valence-electron chi connectivity index (χ3n) is 9.00. The molecule has 0 aromatic heterocycles. The standard InChI is InChI=1S/C22H34O6/c1-10-12-8-13(24)16-21(5)7-6-14(25)20(3,4)17(21)15(28-11(2)23)19(27)22(16,9-12)18(10)26/h12-19,24-27H,1,6-9H2,2-5H3/t12-,13+,14+,15-,16+,17-,18-,19+,21+,22+/m1/s1. The molecule has 1 spiro atoms. The van der Waals surface area contributed by atoms with Crippen LogP contribution < -0.4 is 0 Å². The number of carbonyl (C=O) groups excluding carboxylic acids is 1. The number of hydrogen-bond donors (Lipinski definition) is 4. The molecule has 0 amide bonds. The van der Waals surface area contributed by atoms with E-state index in [1.165, 1.54) is 6.92 Å². The van der Waals surface area contributed by atoms with Gasteiger partial charge >= 0.3 is 5.97 Å². The van der Waals surface area contributed by atoms with Gasteiger partial charge < -0.3 is 25.2 Å². The summed E-state index contributed by atoms with van der Waals surface area (Å²) in [6.07, 6.45) is -1.92. The molecule has 6 heteroatoms. The van der Waals surface area contributed by atoms with E-state index in [2.05, 4.69) is 13.5 Å². The van der Waals surface area contributed by atoms with Gasteiger partial charge in [0.15, 0.2) is 0 Å². The van der Waals surface area contributed by atoms with Gasteiger partial charge in [-0.15, -0.1) is 0 Å². The third-order valence-corrected chi connectivity index (χ3v) is 9.00. The van der Waals surface area contributed by atoms with Crippen LogP contribution >= 0.6 is 0 Å². The van der Waals surface area contributed by atoms with Crippen LogP contribution in [0.25, 0.3) is 0 Å². The molecule has 10 atom stereocenters. The van der Waals surface area contributed by atoms with E-state index in [0.29, 0.717) is 31.3 Å². The van der Waals surface area contributed by atoms with Gasteiger partial charge in [-0.3, -0.25) is 4.79 Å². The Morgan fingerprint density at radius 2 is 1.79 bits per heavy atom. The summed E-state index contributed by atoms with van der Waals surface area (Å²) in [5.41, 5.74) is -1.44. The molecule has 4 aliphatic carbocycles. The summed E-state index contributed by atoms with van der Waals surface area (Å²) in [5, 5.41) is 44.8. The molecule has 0 aliphatic heterocycles. The molecule has 0 unspecified atom stereocenters. The van der Waals surface area contributed by atoms with Crippen molar-refractivity contribution in [2.45, 2.75) is 83.9 Å². The van der Waals surface area contributed by atoms with Crippen molar-refractivity contribution >= 4 is 5.97 Å². The molecule has 158 valence electrons. The summed E-state index contributed by atoms with van der Waals surface area (Å²) < 4.78 is 5.71. The highest BCUT2D eigenvalue weighted by Crippen LogP contribution is 2.72. The molecule has 0 aromatic rings. The fourth-order valence-corrected chi connectivity index (χ4v) is 8.07. The highest BCUT2D eigenvalue weighted by atomic mass is 16.6. The Hall–Kier alpha value is -0.950. The third kappa shape index (κ3) is 2.26. The zero-order valence-electron chi connectivity index (χ0n) is 17.3. The van der Waals surface area contributed by atoms with E-state index in [4.69, 9.17) is 4.74 Å². The number of carbonyl (C=O) groups is 1. The van der Waals surface area contributed by atoms with E-state index < -0.39 is 52.7 Å². The molecule has 4 saturated carbocycles. The second kappa shape index (κ2) is 6.03. The molecule has 4 fully saturated rings. The number of aliphatic hydroxyl groups excluding tert-OH is 4. The van der Waals surface area contributed by atoms with Crippen LogP contribution in [0.3, 0.4) is 0 Å². The minimum absolute atomic E-state index is 0.0452. The summed E-state index contributed by atoms with van der Waals surface area (Å²) in [5.74, 6) is -1.23. The molecule has 28 heavy (non-hydrogen) atoms. The predicted molar refractivity (Wildman–Crippen MR) is 102 cm³/mol. The van der Waals surface area contributed by atoms with Crippen molar-refractivity contribution in [3.63, 3.8) is 0 Å². The monoisotopic (exact) mass is 394 g/mol. The van der Waals surface area contributed by atoms with Gasteiger partial charge in [0.25, 0.3) is 0 Å². The average Bonchev–Trinajstić information content (AvgIpc) is 2.78. The second-order valence-electron chi connectivity index (χ2n) is 10.6. The summed E-state index contributed by atoms with van der Waals surface area (Å²) in [4.78, 5) is 12.0. The Balaban J connectivity index is 1.93. The van der Waals surface area contributed by atoms with Gasteiger partial charge in [0, 0.05) is 24.2 Å². The summed E-state index contributed by atoms with van der Waals surface area (Å²) in [6, 6.07) is 0. The molecule has 4 rings (SSSR count). The van der Waals surface area contributed by atoms with Crippen LogP contribution in [0.4, 0.5) is 0 Å². The van der Waals surface area contributed by atoms with E-state index in [1.807, 2.05) is 13.8 Å². The van der Waals surface area contributed by atoms with Crippen molar-refractivity contribution in [1.29, 1.82) is 0 Å². The lowest BCUT2D eigenvalue weighted by Gasteiger charge is -2.68.